The third-order valence-corrected chi connectivity index (χ3v) is 4.46. The number of nitrogens with one attached hydrogen (secondary N) is 3. The van der Waals surface area contributed by atoms with Gasteiger partial charge in [-0.05, 0) is 42.5 Å². The van der Waals surface area contributed by atoms with E-state index in [2.05, 4.69) is 45.0 Å². The molecule has 26 heavy (non-hydrogen) atoms. The van der Waals surface area contributed by atoms with Crippen molar-refractivity contribution in [1.29, 1.82) is 0 Å². The van der Waals surface area contributed by atoms with Gasteiger partial charge < -0.3 is 15.6 Å². The second kappa shape index (κ2) is 9.04. The number of benzene rings is 2. The average Bonchev–Trinajstić information content (AvgIpc) is 3.08. The third kappa shape index (κ3) is 4.63. The first kappa shape index (κ1) is 18.0. The summed E-state index contributed by atoms with van der Waals surface area (Å²) >= 11 is 0. The fourth-order valence-corrected chi connectivity index (χ4v) is 3.06. The van der Waals surface area contributed by atoms with Crippen LogP contribution in [0.25, 0.3) is 10.9 Å². The second-order valence-electron chi connectivity index (χ2n) is 6.23. The minimum Gasteiger partial charge on any atom is -0.361 e. The maximum absolute atomic E-state index is 13.6. The number of guanidine groups is 1. The Balaban J connectivity index is 1.40. The highest BCUT2D eigenvalue weighted by molar-refractivity contribution is 5.83. The Morgan fingerprint density at radius 3 is 2.58 bits per heavy atom. The van der Waals surface area contributed by atoms with Crippen LogP contribution in [0, 0.1) is 5.82 Å². The molecule has 3 N–H and O–H groups in total. The van der Waals surface area contributed by atoms with Gasteiger partial charge in [0.05, 0.1) is 0 Å². The molecule has 0 unspecified atom stereocenters. The molecule has 1 aromatic heterocycles. The molecule has 3 rings (SSSR count). The molecule has 5 heteroatoms. The number of aromatic amines is 1. The van der Waals surface area contributed by atoms with Gasteiger partial charge in [0, 0.05) is 37.2 Å². The van der Waals surface area contributed by atoms with Crippen LogP contribution in [0.2, 0.25) is 0 Å². The number of halogens is 1. The van der Waals surface area contributed by atoms with Crippen molar-refractivity contribution in [3.05, 3.63) is 71.7 Å². The molecule has 0 aliphatic rings. The van der Waals surface area contributed by atoms with Crippen molar-refractivity contribution in [3.8, 4) is 0 Å². The zero-order chi connectivity index (χ0) is 18.2. The predicted octanol–water partition coefficient (Wildman–Crippen LogP) is 3.65. The Kier molecular flexibility index (Phi) is 6.25. The van der Waals surface area contributed by atoms with Crippen LogP contribution in [-0.2, 0) is 12.8 Å². The van der Waals surface area contributed by atoms with Gasteiger partial charge in [0.25, 0.3) is 0 Å². The van der Waals surface area contributed by atoms with Crippen LogP contribution in [0.4, 0.5) is 4.39 Å². The standard InChI is InChI=1S/C21H25FN4/c1-23-21(25-14-12-16-7-2-4-10-19(16)22)24-13-6-8-17-15-26-20-11-5-3-9-18(17)20/h2-5,7,9-11,15,26H,6,8,12-14H2,1H3,(H2,23,24,25). The van der Waals surface area contributed by atoms with E-state index in [1.807, 2.05) is 18.2 Å². The highest BCUT2D eigenvalue weighted by Gasteiger charge is 2.04. The molecule has 0 spiro atoms. The Bertz CT molecular complexity index is 869. The Morgan fingerprint density at radius 2 is 1.73 bits per heavy atom. The van der Waals surface area contributed by atoms with Crippen molar-refractivity contribution < 1.29 is 4.39 Å². The number of aromatic nitrogens is 1. The molecule has 0 fully saturated rings. The zero-order valence-corrected chi connectivity index (χ0v) is 15.1. The number of H-pyrrole nitrogens is 1. The molecule has 0 radical (unpaired) electrons. The molecule has 1 heterocycles. The average molecular weight is 352 g/mol. The molecule has 136 valence electrons. The highest BCUT2D eigenvalue weighted by Crippen LogP contribution is 2.18. The first-order valence-corrected chi connectivity index (χ1v) is 9.01. The van der Waals surface area contributed by atoms with Gasteiger partial charge in [-0.2, -0.15) is 0 Å². The molecule has 0 atom stereocenters. The van der Waals surface area contributed by atoms with Gasteiger partial charge in [-0.25, -0.2) is 4.39 Å². The number of aliphatic imine (C=N–C) groups is 1. The molecule has 0 aliphatic carbocycles. The lowest BCUT2D eigenvalue weighted by molar-refractivity contribution is 0.606. The molecular weight excluding hydrogens is 327 g/mol. The summed E-state index contributed by atoms with van der Waals surface area (Å²) in [5, 5.41) is 7.84. The summed E-state index contributed by atoms with van der Waals surface area (Å²) < 4.78 is 13.6. The Morgan fingerprint density at radius 1 is 0.962 bits per heavy atom. The van der Waals surface area contributed by atoms with Gasteiger partial charge in [-0.3, -0.25) is 4.99 Å². The molecule has 2 aromatic carbocycles. The van der Waals surface area contributed by atoms with Crippen molar-refractivity contribution >= 4 is 16.9 Å². The van der Waals surface area contributed by atoms with Gasteiger partial charge in [-0.15, -0.1) is 0 Å². The van der Waals surface area contributed by atoms with Crippen LogP contribution < -0.4 is 10.6 Å². The first-order valence-electron chi connectivity index (χ1n) is 9.01. The van der Waals surface area contributed by atoms with E-state index >= 15 is 0 Å². The van der Waals surface area contributed by atoms with Crippen molar-refractivity contribution in [2.45, 2.75) is 19.3 Å². The van der Waals surface area contributed by atoms with Crippen LogP contribution in [0.5, 0.6) is 0 Å². The first-order chi connectivity index (χ1) is 12.8. The van der Waals surface area contributed by atoms with Gasteiger partial charge in [-0.1, -0.05) is 36.4 Å². The van der Waals surface area contributed by atoms with Crippen LogP contribution in [-0.4, -0.2) is 31.1 Å². The Hall–Kier alpha value is -2.82. The molecule has 0 bridgehead atoms. The topological polar surface area (TPSA) is 52.2 Å². The zero-order valence-electron chi connectivity index (χ0n) is 15.1. The summed E-state index contributed by atoms with van der Waals surface area (Å²) in [5.74, 6) is 0.594. The van der Waals surface area contributed by atoms with E-state index in [-0.39, 0.29) is 5.82 Å². The van der Waals surface area contributed by atoms with Crippen LogP contribution in [0.1, 0.15) is 17.5 Å². The molecule has 3 aromatic rings. The summed E-state index contributed by atoms with van der Waals surface area (Å²) in [4.78, 5) is 7.53. The summed E-state index contributed by atoms with van der Waals surface area (Å²) in [6.07, 6.45) is 4.73. The van der Waals surface area contributed by atoms with Gasteiger partial charge in [0.15, 0.2) is 5.96 Å². The maximum Gasteiger partial charge on any atom is 0.190 e. The maximum atomic E-state index is 13.6. The summed E-state index contributed by atoms with van der Waals surface area (Å²) in [6.45, 7) is 1.47. The van der Waals surface area contributed by atoms with E-state index in [0.717, 1.165) is 30.9 Å². The normalized spacial score (nSPS) is 11.7. The predicted molar refractivity (Wildman–Crippen MR) is 106 cm³/mol. The lowest BCUT2D eigenvalue weighted by atomic mass is 10.1. The summed E-state index contributed by atoms with van der Waals surface area (Å²) in [7, 11) is 1.75. The molecule has 0 aliphatic heterocycles. The lowest BCUT2D eigenvalue weighted by Crippen LogP contribution is -2.38. The van der Waals surface area contributed by atoms with Crippen molar-refractivity contribution in [2.75, 3.05) is 20.1 Å². The SMILES string of the molecule is CN=C(NCCCc1c[nH]c2ccccc12)NCCc1ccccc1F. The van der Waals surface area contributed by atoms with E-state index in [4.69, 9.17) is 0 Å². The monoisotopic (exact) mass is 352 g/mol. The molecule has 0 saturated carbocycles. The van der Waals surface area contributed by atoms with Crippen molar-refractivity contribution in [2.24, 2.45) is 4.99 Å². The summed E-state index contributed by atoms with van der Waals surface area (Å²) in [5.41, 5.74) is 3.24. The fourth-order valence-electron chi connectivity index (χ4n) is 3.06. The van der Waals surface area contributed by atoms with E-state index in [1.54, 1.807) is 13.1 Å². The number of hydrogen-bond donors (Lipinski definition) is 3. The van der Waals surface area contributed by atoms with Crippen LogP contribution in [0.3, 0.4) is 0 Å². The fraction of sp³-hybridized carbons (Fsp3) is 0.286. The molecular formula is C21H25FN4. The van der Waals surface area contributed by atoms with Crippen molar-refractivity contribution in [1.82, 2.24) is 15.6 Å². The largest absolute Gasteiger partial charge is 0.361 e. The van der Waals surface area contributed by atoms with Crippen LogP contribution >= 0.6 is 0 Å². The minimum absolute atomic E-state index is 0.157. The number of hydrogen-bond acceptors (Lipinski definition) is 1. The highest BCUT2D eigenvalue weighted by atomic mass is 19.1. The molecule has 4 nitrogen and oxygen atoms in total. The van der Waals surface area contributed by atoms with Gasteiger partial charge in [0.1, 0.15) is 5.82 Å². The van der Waals surface area contributed by atoms with E-state index in [9.17, 15) is 4.39 Å². The molecule has 0 saturated heterocycles. The number of rotatable bonds is 7. The number of aryl methyl sites for hydroxylation is 1. The quantitative estimate of drug-likeness (QED) is 0.345. The van der Waals surface area contributed by atoms with Gasteiger partial charge in [0.2, 0.25) is 0 Å². The third-order valence-electron chi connectivity index (χ3n) is 4.46. The molecule has 0 amide bonds. The summed E-state index contributed by atoms with van der Waals surface area (Å²) in [6, 6.07) is 15.2. The number of fused-ring (bicyclic) bond motifs is 1. The second-order valence-corrected chi connectivity index (χ2v) is 6.23. The number of para-hydroxylation sites is 1. The number of nitrogens with zero attached hydrogens (tertiary/aromatic N) is 1. The Labute approximate surface area is 153 Å². The van der Waals surface area contributed by atoms with Crippen LogP contribution in [0.15, 0.2) is 59.7 Å². The smallest absolute Gasteiger partial charge is 0.190 e. The van der Waals surface area contributed by atoms with Gasteiger partial charge >= 0.3 is 0 Å². The van der Waals surface area contributed by atoms with E-state index in [0.29, 0.717) is 13.0 Å². The minimum atomic E-state index is -0.157. The lowest BCUT2D eigenvalue weighted by Gasteiger charge is -2.12. The van der Waals surface area contributed by atoms with Crippen molar-refractivity contribution in [3.63, 3.8) is 0 Å². The van der Waals surface area contributed by atoms with E-state index < -0.39 is 0 Å². The van der Waals surface area contributed by atoms with E-state index in [1.165, 1.54) is 22.5 Å².